The van der Waals surface area contributed by atoms with Gasteiger partial charge in [-0.3, -0.25) is 9.59 Å². The molecule has 3 aromatic carbocycles. The molecule has 0 radical (unpaired) electrons. The Bertz CT molecular complexity index is 1440. The molecule has 0 aromatic heterocycles. The minimum atomic E-state index is -4.03. The van der Waals surface area contributed by atoms with Crippen LogP contribution in [0.15, 0.2) is 72.3 Å². The molecule has 4 rings (SSSR count). The van der Waals surface area contributed by atoms with Crippen LogP contribution in [0.25, 0.3) is 4.91 Å². The molecule has 3 aromatic rings. The second kappa shape index (κ2) is 9.38. The zero-order valence-corrected chi connectivity index (χ0v) is 20.8. The van der Waals surface area contributed by atoms with Gasteiger partial charge in [0.25, 0.3) is 21.8 Å². The molecule has 0 spiro atoms. The summed E-state index contributed by atoms with van der Waals surface area (Å²) in [6.07, 6.45) is 0. The van der Waals surface area contributed by atoms with E-state index in [1.54, 1.807) is 48.5 Å². The normalized spacial score (nSPS) is 14.9. The summed E-state index contributed by atoms with van der Waals surface area (Å²) >= 11 is 0. The molecule has 0 aliphatic carbocycles. The van der Waals surface area contributed by atoms with E-state index in [1.165, 1.54) is 14.0 Å². The summed E-state index contributed by atoms with van der Waals surface area (Å²) in [6, 6.07) is 18.9. The molecule has 0 fully saturated rings. The van der Waals surface area contributed by atoms with Gasteiger partial charge in [-0.25, -0.2) is 12.7 Å². The standard InChI is InChI=1S/C27H26N2O5S/c1-17-5-14-24(18(2)15-17)28-26(30)22-8-6-20(7-9-22)16-29-27(31)19(3)25(35(29,32)33)21-10-12-23(34-4)13-11-21/h5-15H,16H2,1-4H3,(H,28,30). The Morgan fingerprint density at radius 1 is 0.943 bits per heavy atom. The van der Waals surface area contributed by atoms with E-state index in [1.807, 2.05) is 32.0 Å². The third-order valence-electron chi connectivity index (χ3n) is 5.96. The van der Waals surface area contributed by atoms with Gasteiger partial charge in [0.15, 0.2) is 0 Å². The van der Waals surface area contributed by atoms with Gasteiger partial charge in [-0.1, -0.05) is 29.8 Å². The number of hydrogen-bond acceptors (Lipinski definition) is 5. The number of hydrogen-bond donors (Lipinski definition) is 1. The Labute approximate surface area is 205 Å². The van der Waals surface area contributed by atoms with Gasteiger partial charge in [0.05, 0.1) is 13.7 Å². The van der Waals surface area contributed by atoms with Crippen LogP contribution in [0, 0.1) is 13.8 Å². The number of benzene rings is 3. The fraction of sp³-hybridized carbons (Fsp3) is 0.185. The molecule has 7 nitrogen and oxygen atoms in total. The Balaban J connectivity index is 1.51. The summed E-state index contributed by atoms with van der Waals surface area (Å²) in [5.74, 6) is -0.243. The first kappa shape index (κ1) is 24.2. The van der Waals surface area contributed by atoms with Crippen LogP contribution in [0.5, 0.6) is 5.75 Å². The number of amides is 2. The summed E-state index contributed by atoms with van der Waals surface area (Å²) in [5, 5.41) is 2.89. The fourth-order valence-electron chi connectivity index (χ4n) is 4.04. The average Bonchev–Trinajstić information content (AvgIpc) is 3.00. The predicted molar refractivity (Wildman–Crippen MR) is 135 cm³/mol. The van der Waals surface area contributed by atoms with E-state index in [2.05, 4.69) is 5.32 Å². The molecule has 180 valence electrons. The van der Waals surface area contributed by atoms with Gasteiger partial charge in [-0.15, -0.1) is 0 Å². The highest BCUT2D eigenvalue weighted by molar-refractivity contribution is 7.99. The van der Waals surface area contributed by atoms with Crippen LogP contribution < -0.4 is 10.1 Å². The predicted octanol–water partition coefficient (Wildman–Crippen LogP) is 4.67. The number of anilines is 1. The summed E-state index contributed by atoms with van der Waals surface area (Å²) in [4.78, 5) is 25.5. The lowest BCUT2D eigenvalue weighted by molar-refractivity contribution is -0.122. The highest BCUT2D eigenvalue weighted by Crippen LogP contribution is 2.37. The Morgan fingerprint density at radius 2 is 1.60 bits per heavy atom. The zero-order chi connectivity index (χ0) is 25.3. The van der Waals surface area contributed by atoms with E-state index in [9.17, 15) is 18.0 Å². The number of aryl methyl sites for hydroxylation is 2. The van der Waals surface area contributed by atoms with Crippen molar-refractivity contribution in [2.75, 3.05) is 12.4 Å². The fourth-order valence-corrected chi connectivity index (χ4v) is 5.84. The Kier molecular flexibility index (Phi) is 6.49. The van der Waals surface area contributed by atoms with E-state index in [-0.39, 0.29) is 22.9 Å². The summed E-state index contributed by atoms with van der Waals surface area (Å²) in [6.45, 7) is 5.30. The van der Waals surface area contributed by atoms with Gasteiger partial charge in [0.2, 0.25) is 0 Å². The second-order valence-electron chi connectivity index (χ2n) is 8.47. The van der Waals surface area contributed by atoms with Crippen molar-refractivity contribution in [3.8, 4) is 5.75 Å². The van der Waals surface area contributed by atoms with Crippen LogP contribution >= 0.6 is 0 Å². The second-order valence-corrected chi connectivity index (χ2v) is 10.3. The van der Waals surface area contributed by atoms with Crippen molar-refractivity contribution in [2.45, 2.75) is 27.3 Å². The van der Waals surface area contributed by atoms with Gasteiger partial charge in [0.1, 0.15) is 10.7 Å². The number of nitrogens with zero attached hydrogens (tertiary/aromatic N) is 1. The third-order valence-corrected chi connectivity index (χ3v) is 7.89. The number of carbonyl (C=O) groups is 2. The summed E-state index contributed by atoms with van der Waals surface area (Å²) < 4.78 is 32.5. The SMILES string of the molecule is COc1ccc(C2=C(C)C(=O)N(Cc3ccc(C(=O)Nc4ccc(C)cc4C)cc3)S2(=O)=O)cc1. The van der Waals surface area contributed by atoms with Crippen LogP contribution in [-0.2, 0) is 21.4 Å². The maximum absolute atomic E-state index is 13.3. The van der Waals surface area contributed by atoms with Crippen molar-refractivity contribution in [1.82, 2.24) is 4.31 Å². The highest BCUT2D eigenvalue weighted by Gasteiger charge is 2.42. The van der Waals surface area contributed by atoms with E-state index in [0.717, 1.165) is 21.1 Å². The van der Waals surface area contributed by atoms with Crippen molar-refractivity contribution < 1.29 is 22.7 Å². The molecule has 0 unspecified atom stereocenters. The number of carbonyl (C=O) groups excluding carboxylic acids is 2. The summed E-state index contributed by atoms with van der Waals surface area (Å²) in [7, 11) is -2.51. The Morgan fingerprint density at radius 3 is 2.20 bits per heavy atom. The molecule has 2 amide bonds. The lowest BCUT2D eigenvalue weighted by atomic mass is 10.1. The maximum Gasteiger partial charge on any atom is 0.268 e. The molecule has 1 N–H and O–H groups in total. The monoisotopic (exact) mass is 490 g/mol. The van der Waals surface area contributed by atoms with Crippen LogP contribution in [0.3, 0.4) is 0 Å². The third kappa shape index (κ3) is 4.70. The molecule has 0 saturated heterocycles. The molecule has 8 heteroatoms. The first-order valence-electron chi connectivity index (χ1n) is 11.0. The minimum Gasteiger partial charge on any atom is -0.497 e. The van der Waals surface area contributed by atoms with Crippen molar-refractivity contribution >= 4 is 32.4 Å². The van der Waals surface area contributed by atoms with Gasteiger partial charge in [-0.05, 0) is 79.9 Å². The van der Waals surface area contributed by atoms with Crippen LogP contribution in [0.1, 0.15) is 39.5 Å². The number of ether oxygens (including phenoxy) is 1. The van der Waals surface area contributed by atoms with E-state index in [4.69, 9.17) is 4.74 Å². The molecule has 1 heterocycles. The van der Waals surface area contributed by atoms with Gasteiger partial charge in [-0.2, -0.15) is 0 Å². The van der Waals surface area contributed by atoms with E-state index in [0.29, 0.717) is 22.4 Å². The first-order chi connectivity index (χ1) is 16.6. The average molecular weight is 491 g/mol. The van der Waals surface area contributed by atoms with Gasteiger partial charge >= 0.3 is 0 Å². The molecule has 1 aliphatic heterocycles. The van der Waals surface area contributed by atoms with Crippen LogP contribution in [0.2, 0.25) is 0 Å². The molecular weight excluding hydrogens is 464 g/mol. The molecule has 35 heavy (non-hydrogen) atoms. The number of sulfonamides is 1. The maximum atomic E-state index is 13.3. The van der Waals surface area contributed by atoms with E-state index < -0.39 is 15.9 Å². The molecular formula is C27H26N2O5S. The van der Waals surface area contributed by atoms with Crippen LogP contribution in [-0.4, -0.2) is 31.6 Å². The molecule has 1 aliphatic rings. The lowest BCUT2D eigenvalue weighted by Crippen LogP contribution is -2.30. The minimum absolute atomic E-state index is 0.00498. The summed E-state index contributed by atoms with van der Waals surface area (Å²) in [5.41, 5.74) is 4.41. The highest BCUT2D eigenvalue weighted by atomic mass is 32.2. The number of methoxy groups -OCH3 is 1. The first-order valence-corrected chi connectivity index (χ1v) is 12.5. The molecule has 0 bridgehead atoms. The Hall–Kier alpha value is -3.91. The quantitative estimate of drug-likeness (QED) is 0.542. The largest absolute Gasteiger partial charge is 0.497 e. The van der Waals surface area contributed by atoms with Crippen molar-refractivity contribution in [3.63, 3.8) is 0 Å². The molecule has 0 atom stereocenters. The van der Waals surface area contributed by atoms with E-state index >= 15 is 0 Å². The number of nitrogens with one attached hydrogen (secondary N) is 1. The van der Waals surface area contributed by atoms with Gasteiger partial charge in [0, 0.05) is 16.8 Å². The van der Waals surface area contributed by atoms with Crippen molar-refractivity contribution in [3.05, 3.63) is 100 Å². The smallest absolute Gasteiger partial charge is 0.268 e. The molecule has 0 saturated carbocycles. The topological polar surface area (TPSA) is 92.8 Å². The van der Waals surface area contributed by atoms with Crippen molar-refractivity contribution in [2.24, 2.45) is 0 Å². The van der Waals surface area contributed by atoms with Crippen LogP contribution in [0.4, 0.5) is 5.69 Å². The lowest BCUT2D eigenvalue weighted by Gasteiger charge is -2.17. The van der Waals surface area contributed by atoms with Crippen molar-refractivity contribution in [1.29, 1.82) is 0 Å². The number of rotatable bonds is 6. The van der Waals surface area contributed by atoms with Gasteiger partial charge < -0.3 is 10.1 Å². The zero-order valence-electron chi connectivity index (χ0n) is 20.0.